The molecule has 4 nitrogen and oxygen atoms in total. The van der Waals surface area contributed by atoms with Crippen molar-refractivity contribution in [2.24, 2.45) is 5.92 Å². The number of carbonyl (C=O) groups is 1. The minimum Gasteiger partial charge on any atom is -0.447 e. The van der Waals surface area contributed by atoms with Gasteiger partial charge in [-0.05, 0) is 51.3 Å². The minimum atomic E-state index is -0.250. The van der Waals surface area contributed by atoms with Crippen LogP contribution in [0.3, 0.4) is 0 Å². The Morgan fingerprint density at radius 3 is 2.75 bits per heavy atom. The molecule has 0 spiro atoms. The molecular formula is C16H22N2O2. The third-order valence-corrected chi connectivity index (χ3v) is 4.65. The molecule has 1 N–H and O–H groups in total. The van der Waals surface area contributed by atoms with Gasteiger partial charge < -0.3 is 10.1 Å². The number of amides is 1. The number of ether oxygens (including phenoxy) is 1. The molecular weight excluding hydrogens is 252 g/mol. The number of hydrogen-bond donors (Lipinski definition) is 1. The van der Waals surface area contributed by atoms with Crippen LogP contribution in [-0.4, -0.2) is 31.3 Å². The van der Waals surface area contributed by atoms with Crippen molar-refractivity contribution in [2.75, 3.05) is 24.6 Å². The van der Waals surface area contributed by atoms with E-state index >= 15 is 0 Å². The average Bonchev–Trinajstić information content (AvgIpc) is 2.78. The number of anilines is 1. The first-order valence-electron chi connectivity index (χ1n) is 7.35. The summed E-state index contributed by atoms with van der Waals surface area (Å²) in [5.74, 6) is 0.434. The third-order valence-electron chi connectivity index (χ3n) is 4.65. The van der Waals surface area contributed by atoms with Gasteiger partial charge in [0.05, 0.1) is 5.54 Å². The molecule has 20 heavy (non-hydrogen) atoms. The van der Waals surface area contributed by atoms with E-state index in [2.05, 4.69) is 19.2 Å². The molecule has 1 aromatic carbocycles. The van der Waals surface area contributed by atoms with Crippen LogP contribution >= 0.6 is 0 Å². The van der Waals surface area contributed by atoms with Gasteiger partial charge in [0, 0.05) is 12.2 Å². The van der Waals surface area contributed by atoms with E-state index in [1.807, 2.05) is 29.2 Å². The lowest BCUT2D eigenvalue weighted by Gasteiger charge is -2.41. The highest BCUT2D eigenvalue weighted by molar-refractivity contribution is 5.91. The predicted octanol–water partition coefficient (Wildman–Crippen LogP) is 2.71. The number of piperidine rings is 1. The SMILES string of the molecule is Cc1ccc(N2C(=O)OCC2(C)C2CCCNC2)cc1. The van der Waals surface area contributed by atoms with E-state index in [9.17, 15) is 4.79 Å². The Hall–Kier alpha value is -1.55. The number of benzene rings is 1. The van der Waals surface area contributed by atoms with Gasteiger partial charge in [-0.3, -0.25) is 4.90 Å². The van der Waals surface area contributed by atoms with Gasteiger partial charge in [0.1, 0.15) is 6.61 Å². The van der Waals surface area contributed by atoms with Crippen molar-refractivity contribution < 1.29 is 9.53 Å². The summed E-state index contributed by atoms with van der Waals surface area (Å²) in [7, 11) is 0. The third kappa shape index (κ3) is 2.18. The maximum atomic E-state index is 12.2. The van der Waals surface area contributed by atoms with Gasteiger partial charge in [0.15, 0.2) is 0 Å². The molecule has 2 atom stereocenters. The monoisotopic (exact) mass is 274 g/mol. The highest BCUT2D eigenvalue weighted by Gasteiger charge is 2.49. The van der Waals surface area contributed by atoms with Crippen molar-refractivity contribution in [2.45, 2.75) is 32.2 Å². The largest absolute Gasteiger partial charge is 0.447 e. The molecule has 2 heterocycles. The van der Waals surface area contributed by atoms with Gasteiger partial charge in [-0.25, -0.2) is 4.79 Å². The van der Waals surface area contributed by atoms with Gasteiger partial charge in [-0.15, -0.1) is 0 Å². The molecule has 2 aliphatic rings. The van der Waals surface area contributed by atoms with Gasteiger partial charge in [0.2, 0.25) is 0 Å². The zero-order valence-corrected chi connectivity index (χ0v) is 12.2. The number of nitrogens with one attached hydrogen (secondary N) is 1. The van der Waals surface area contributed by atoms with Crippen LogP contribution in [0.1, 0.15) is 25.3 Å². The number of nitrogens with zero attached hydrogens (tertiary/aromatic N) is 1. The van der Waals surface area contributed by atoms with Crippen LogP contribution in [0.15, 0.2) is 24.3 Å². The second kappa shape index (κ2) is 5.09. The normalized spacial score (nSPS) is 30.4. The first-order valence-corrected chi connectivity index (χ1v) is 7.35. The van der Waals surface area contributed by atoms with E-state index in [1.165, 1.54) is 5.56 Å². The second-order valence-corrected chi connectivity index (χ2v) is 6.13. The van der Waals surface area contributed by atoms with E-state index in [4.69, 9.17) is 4.74 Å². The maximum Gasteiger partial charge on any atom is 0.415 e. The Bertz CT molecular complexity index is 494. The number of hydrogen-bond acceptors (Lipinski definition) is 3. The fourth-order valence-corrected chi connectivity index (χ4v) is 3.32. The van der Waals surface area contributed by atoms with Crippen molar-refractivity contribution in [1.29, 1.82) is 0 Å². The Morgan fingerprint density at radius 2 is 2.10 bits per heavy atom. The number of rotatable bonds is 2. The molecule has 2 unspecified atom stereocenters. The Labute approximate surface area is 120 Å². The van der Waals surface area contributed by atoms with Crippen LogP contribution in [0, 0.1) is 12.8 Å². The molecule has 108 valence electrons. The average molecular weight is 274 g/mol. The summed E-state index contributed by atoms with van der Waals surface area (Å²) in [4.78, 5) is 14.1. The molecule has 2 saturated heterocycles. The van der Waals surface area contributed by atoms with Crippen LogP contribution in [0.5, 0.6) is 0 Å². The molecule has 1 amide bonds. The second-order valence-electron chi connectivity index (χ2n) is 6.13. The van der Waals surface area contributed by atoms with E-state index < -0.39 is 0 Å². The molecule has 0 saturated carbocycles. The fourth-order valence-electron chi connectivity index (χ4n) is 3.32. The molecule has 3 rings (SSSR count). The summed E-state index contributed by atoms with van der Waals surface area (Å²) in [6, 6.07) is 8.10. The number of carbonyl (C=O) groups excluding carboxylic acids is 1. The Balaban J connectivity index is 1.92. The molecule has 0 bridgehead atoms. The summed E-state index contributed by atoms with van der Waals surface area (Å²) in [6.07, 6.45) is 2.08. The zero-order valence-electron chi connectivity index (χ0n) is 12.2. The predicted molar refractivity (Wildman–Crippen MR) is 79.0 cm³/mol. The van der Waals surface area contributed by atoms with Crippen molar-refractivity contribution >= 4 is 11.8 Å². The highest BCUT2D eigenvalue weighted by Crippen LogP contribution is 2.38. The van der Waals surface area contributed by atoms with Crippen LogP contribution in [0.4, 0.5) is 10.5 Å². The lowest BCUT2D eigenvalue weighted by molar-refractivity contribution is 0.157. The first-order chi connectivity index (χ1) is 9.61. The summed E-state index contributed by atoms with van der Waals surface area (Å²) in [6.45, 7) is 6.71. The quantitative estimate of drug-likeness (QED) is 0.901. The van der Waals surface area contributed by atoms with Crippen molar-refractivity contribution in [3.05, 3.63) is 29.8 Å². The van der Waals surface area contributed by atoms with E-state index in [0.29, 0.717) is 12.5 Å². The van der Waals surface area contributed by atoms with E-state index in [0.717, 1.165) is 31.6 Å². The summed E-state index contributed by atoms with van der Waals surface area (Å²) in [5.41, 5.74) is 1.88. The Morgan fingerprint density at radius 1 is 1.35 bits per heavy atom. The van der Waals surface area contributed by atoms with Crippen molar-refractivity contribution in [3.63, 3.8) is 0 Å². The van der Waals surface area contributed by atoms with E-state index in [-0.39, 0.29) is 11.6 Å². The van der Waals surface area contributed by atoms with E-state index in [1.54, 1.807) is 0 Å². The highest BCUT2D eigenvalue weighted by atomic mass is 16.6. The smallest absolute Gasteiger partial charge is 0.415 e. The minimum absolute atomic E-state index is 0.220. The fraction of sp³-hybridized carbons (Fsp3) is 0.562. The van der Waals surface area contributed by atoms with Crippen LogP contribution < -0.4 is 10.2 Å². The number of cyclic esters (lactones) is 1. The standard InChI is InChI=1S/C16H22N2O2/c1-12-5-7-14(8-6-12)18-15(19)20-11-16(18,2)13-4-3-9-17-10-13/h5-8,13,17H,3-4,9-11H2,1-2H3. The molecule has 4 heteroatoms. The Kier molecular flexibility index (Phi) is 3.42. The van der Waals surface area contributed by atoms with Crippen molar-refractivity contribution in [1.82, 2.24) is 5.32 Å². The molecule has 0 radical (unpaired) electrons. The van der Waals surface area contributed by atoms with Crippen LogP contribution in [0.25, 0.3) is 0 Å². The van der Waals surface area contributed by atoms with Crippen LogP contribution in [-0.2, 0) is 4.74 Å². The van der Waals surface area contributed by atoms with Gasteiger partial charge in [0.25, 0.3) is 0 Å². The number of aryl methyl sites for hydroxylation is 1. The summed E-state index contributed by atoms with van der Waals surface area (Å²) < 4.78 is 5.38. The summed E-state index contributed by atoms with van der Waals surface area (Å²) in [5, 5.41) is 3.44. The topological polar surface area (TPSA) is 41.6 Å². The van der Waals surface area contributed by atoms with Gasteiger partial charge >= 0.3 is 6.09 Å². The molecule has 0 aromatic heterocycles. The van der Waals surface area contributed by atoms with Crippen molar-refractivity contribution in [3.8, 4) is 0 Å². The first kappa shape index (κ1) is 13.4. The lowest BCUT2D eigenvalue weighted by Crippen LogP contribution is -2.55. The maximum absolute atomic E-state index is 12.2. The zero-order chi connectivity index (χ0) is 14.2. The lowest BCUT2D eigenvalue weighted by atomic mass is 9.80. The molecule has 2 aliphatic heterocycles. The molecule has 2 fully saturated rings. The van der Waals surface area contributed by atoms with Gasteiger partial charge in [-0.2, -0.15) is 0 Å². The van der Waals surface area contributed by atoms with Crippen LogP contribution in [0.2, 0.25) is 0 Å². The molecule has 1 aromatic rings. The van der Waals surface area contributed by atoms with Gasteiger partial charge in [-0.1, -0.05) is 17.7 Å². The summed E-state index contributed by atoms with van der Waals surface area (Å²) >= 11 is 0. The molecule has 0 aliphatic carbocycles.